The van der Waals surface area contributed by atoms with Gasteiger partial charge in [-0.05, 0) is 0 Å². The van der Waals surface area contributed by atoms with Gasteiger partial charge in [-0.2, -0.15) is 0 Å². The van der Waals surface area contributed by atoms with Gasteiger partial charge in [0, 0.05) is 0 Å². The molecule has 3 amide bonds. The highest BCUT2D eigenvalue weighted by Gasteiger charge is 2.34. The summed E-state index contributed by atoms with van der Waals surface area (Å²) in [4.78, 5) is 23.0. The van der Waals surface area contributed by atoms with Crippen molar-refractivity contribution in [2.75, 3.05) is 19.7 Å². The molecule has 1 atom stereocenters. The summed E-state index contributed by atoms with van der Waals surface area (Å²) in [5.74, 6) is -0.162. The number of carbonyl (C=O) groups excluding carboxylic acids is 2. The Labute approximate surface area is 63.3 Å². The van der Waals surface area contributed by atoms with E-state index in [9.17, 15) is 9.59 Å². The number of imide groups is 1. The predicted octanol–water partition coefficient (Wildman–Crippen LogP) is -1.06. The first-order valence-corrected chi connectivity index (χ1v) is 3.47. The molecule has 0 saturated carbocycles. The van der Waals surface area contributed by atoms with Gasteiger partial charge in [0.05, 0.1) is 25.8 Å². The number of amides is 3. The van der Waals surface area contributed by atoms with Crippen LogP contribution in [0.25, 0.3) is 0 Å². The van der Waals surface area contributed by atoms with Crippen LogP contribution in [0.2, 0.25) is 0 Å². The van der Waals surface area contributed by atoms with Gasteiger partial charge in [0.25, 0.3) is 0 Å². The number of ether oxygens (including phenoxy) is 1. The molecule has 5 nitrogen and oxygen atoms in total. The zero-order valence-corrected chi connectivity index (χ0v) is 5.87. The number of carbonyl (C=O) groups is 2. The Morgan fingerprint density at radius 2 is 2.36 bits per heavy atom. The highest BCUT2D eigenvalue weighted by atomic mass is 16.6. The van der Waals surface area contributed by atoms with Crippen molar-refractivity contribution in [2.45, 2.75) is 6.10 Å². The standard InChI is InChI=1S/C6H8N2O3/c9-5-1-7-6(10)8(5)2-4-3-11-4/h4H,1-3H2,(H,7,10). The number of rotatable bonds is 2. The Balaban J connectivity index is 1.97. The van der Waals surface area contributed by atoms with E-state index in [0.29, 0.717) is 13.2 Å². The van der Waals surface area contributed by atoms with Gasteiger partial charge < -0.3 is 10.1 Å². The Hall–Kier alpha value is -1.10. The third kappa shape index (κ3) is 1.19. The average Bonchev–Trinajstić information content (AvgIpc) is 2.73. The smallest absolute Gasteiger partial charge is 0.324 e. The van der Waals surface area contributed by atoms with Crippen LogP contribution in [0.15, 0.2) is 0 Å². The maximum Gasteiger partial charge on any atom is 0.324 e. The van der Waals surface area contributed by atoms with E-state index in [2.05, 4.69) is 5.32 Å². The van der Waals surface area contributed by atoms with Crippen LogP contribution in [0.3, 0.4) is 0 Å². The van der Waals surface area contributed by atoms with Crippen molar-refractivity contribution >= 4 is 11.9 Å². The predicted molar refractivity (Wildman–Crippen MR) is 34.9 cm³/mol. The first kappa shape index (κ1) is 6.60. The molecule has 2 saturated heterocycles. The maximum atomic E-state index is 10.9. The summed E-state index contributed by atoms with van der Waals surface area (Å²) in [6, 6.07) is -0.300. The molecule has 0 bridgehead atoms. The van der Waals surface area contributed by atoms with Crippen molar-refractivity contribution in [1.29, 1.82) is 0 Å². The van der Waals surface area contributed by atoms with Gasteiger partial charge in [0.2, 0.25) is 5.91 Å². The van der Waals surface area contributed by atoms with E-state index in [4.69, 9.17) is 4.74 Å². The highest BCUT2D eigenvalue weighted by molar-refractivity contribution is 6.01. The molecule has 0 aromatic heterocycles. The van der Waals surface area contributed by atoms with Crippen LogP contribution < -0.4 is 5.32 Å². The monoisotopic (exact) mass is 156 g/mol. The van der Waals surface area contributed by atoms with Crippen molar-refractivity contribution in [3.8, 4) is 0 Å². The lowest BCUT2D eigenvalue weighted by Gasteiger charge is -2.08. The summed E-state index contributed by atoms with van der Waals surface area (Å²) >= 11 is 0. The van der Waals surface area contributed by atoms with Gasteiger partial charge in [-0.1, -0.05) is 0 Å². The van der Waals surface area contributed by atoms with Crippen LogP contribution >= 0.6 is 0 Å². The second-order valence-electron chi connectivity index (χ2n) is 2.62. The van der Waals surface area contributed by atoms with Crippen LogP contribution in [-0.2, 0) is 9.53 Å². The van der Waals surface area contributed by atoms with Crippen molar-refractivity contribution in [3.05, 3.63) is 0 Å². The lowest BCUT2D eigenvalue weighted by molar-refractivity contribution is -0.125. The van der Waals surface area contributed by atoms with E-state index in [1.807, 2.05) is 0 Å². The SMILES string of the molecule is O=C1CNC(=O)N1CC1CO1. The van der Waals surface area contributed by atoms with Crippen LogP contribution in [0, 0.1) is 0 Å². The minimum atomic E-state index is -0.300. The summed E-state index contributed by atoms with van der Waals surface area (Å²) < 4.78 is 4.89. The van der Waals surface area contributed by atoms with Crippen LogP contribution in [0.5, 0.6) is 0 Å². The number of hydrogen-bond donors (Lipinski definition) is 1. The number of nitrogens with zero attached hydrogens (tertiary/aromatic N) is 1. The summed E-state index contributed by atoms with van der Waals surface area (Å²) in [6.07, 6.45) is 0.0859. The molecule has 2 rings (SSSR count). The summed E-state index contributed by atoms with van der Waals surface area (Å²) in [7, 11) is 0. The molecule has 1 unspecified atom stereocenters. The van der Waals surface area contributed by atoms with E-state index < -0.39 is 0 Å². The normalized spacial score (nSPS) is 29.1. The van der Waals surface area contributed by atoms with Gasteiger partial charge in [-0.3, -0.25) is 9.69 Å². The van der Waals surface area contributed by atoms with Crippen molar-refractivity contribution in [3.63, 3.8) is 0 Å². The van der Waals surface area contributed by atoms with Gasteiger partial charge in [0.15, 0.2) is 0 Å². The van der Waals surface area contributed by atoms with Gasteiger partial charge in [-0.15, -0.1) is 0 Å². The van der Waals surface area contributed by atoms with Crippen molar-refractivity contribution < 1.29 is 14.3 Å². The molecule has 2 fully saturated rings. The Morgan fingerprint density at radius 3 is 2.82 bits per heavy atom. The molecule has 0 aromatic rings. The van der Waals surface area contributed by atoms with Crippen molar-refractivity contribution in [1.82, 2.24) is 10.2 Å². The number of epoxide rings is 1. The largest absolute Gasteiger partial charge is 0.371 e. The third-order valence-corrected chi connectivity index (χ3v) is 1.73. The Morgan fingerprint density at radius 1 is 1.64 bits per heavy atom. The fraction of sp³-hybridized carbons (Fsp3) is 0.667. The van der Waals surface area contributed by atoms with E-state index >= 15 is 0 Å². The molecule has 60 valence electrons. The topological polar surface area (TPSA) is 61.9 Å². The van der Waals surface area contributed by atoms with Gasteiger partial charge >= 0.3 is 6.03 Å². The Bertz CT molecular complexity index is 196. The summed E-state index contributed by atoms with van der Waals surface area (Å²) in [5, 5.41) is 2.43. The lowest BCUT2D eigenvalue weighted by atomic mass is 10.4. The quantitative estimate of drug-likeness (QED) is 0.409. The molecule has 11 heavy (non-hydrogen) atoms. The molecule has 2 aliphatic rings. The zero-order chi connectivity index (χ0) is 7.84. The fourth-order valence-corrected chi connectivity index (χ4v) is 1.02. The molecule has 2 heterocycles. The molecular weight excluding hydrogens is 148 g/mol. The highest BCUT2D eigenvalue weighted by Crippen LogP contribution is 2.12. The van der Waals surface area contributed by atoms with Crippen LogP contribution in [0.4, 0.5) is 4.79 Å². The summed E-state index contributed by atoms with van der Waals surface area (Å²) in [6.45, 7) is 1.20. The molecule has 0 aliphatic carbocycles. The molecular formula is C6H8N2O3. The molecule has 0 aromatic carbocycles. The number of urea groups is 1. The van der Waals surface area contributed by atoms with Gasteiger partial charge in [0.1, 0.15) is 0 Å². The molecule has 1 N–H and O–H groups in total. The Kier molecular flexibility index (Phi) is 1.32. The van der Waals surface area contributed by atoms with E-state index in [1.54, 1.807) is 0 Å². The zero-order valence-electron chi connectivity index (χ0n) is 5.87. The van der Waals surface area contributed by atoms with E-state index in [-0.39, 0.29) is 24.6 Å². The first-order chi connectivity index (χ1) is 5.27. The second-order valence-corrected chi connectivity index (χ2v) is 2.62. The average molecular weight is 156 g/mol. The van der Waals surface area contributed by atoms with Gasteiger partial charge in [-0.25, -0.2) is 4.79 Å². The maximum absolute atomic E-state index is 10.9. The minimum absolute atomic E-state index is 0.0859. The van der Waals surface area contributed by atoms with Crippen LogP contribution in [-0.4, -0.2) is 42.6 Å². The molecule has 5 heteroatoms. The van der Waals surface area contributed by atoms with Crippen LogP contribution in [0.1, 0.15) is 0 Å². The molecule has 2 aliphatic heterocycles. The first-order valence-electron chi connectivity index (χ1n) is 3.47. The lowest BCUT2D eigenvalue weighted by Crippen LogP contribution is -2.34. The fourth-order valence-electron chi connectivity index (χ4n) is 1.02. The molecule has 0 radical (unpaired) electrons. The number of nitrogens with one attached hydrogen (secondary N) is 1. The summed E-state index contributed by atoms with van der Waals surface area (Å²) in [5.41, 5.74) is 0. The van der Waals surface area contributed by atoms with Crippen molar-refractivity contribution in [2.24, 2.45) is 0 Å². The molecule has 0 spiro atoms. The second kappa shape index (κ2) is 2.20. The number of hydrogen-bond acceptors (Lipinski definition) is 3. The van der Waals surface area contributed by atoms with E-state index in [1.165, 1.54) is 4.90 Å². The third-order valence-electron chi connectivity index (χ3n) is 1.73. The van der Waals surface area contributed by atoms with E-state index in [0.717, 1.165) is 0 Å². The minimum Gasteiger partial charge on any atom is -0.371 e.